The highest BCUT2D eigenvalue weighted by Crippen LogP contribution is 2.29. The monoisotopic (exact) mass is 492 g/mol. The molecule has 0 unspecified atom stereocenters. The summed E-state index contributed by atoms with van der Waals surface area (Å²) in [5.41, 5.74) is 1.86. The first-order valence-corrected chi connectivity index (χ1v) is 14.2. The molecule has 2 aliphatic heterocycles. The lowest BCUT2D eigenvalue weighted by Crippen LogP contribution is -2.43. The first-order valence-electron chi connectivity index (χ1n) is 11.3. The van der Waals surface area contributed by atoms with Gasteiger partial charge in [0.2, 0.25) is 20.0 Å². The van der Waals surface area contributed by atoms with Gasteiger partial charge in [-0.1, -0.05) is 31.6 Å². The molecule has 1 atom stereocenters. The Morgan fingerprint density at radius 1 is 0.879 bits per heavy atom. The van der Waals surface area contributed by atoms with E-state index in [1.165, 1.54) is 40.7 Å². The Labute approximate surface area is 195 Å². The third-order valence-corrected chi connectivity index (χ3v) is 10.3. The van der Waals surface area contributed by atoms with Crippen LogP contribution in [0.15, 0.2) is 64.4 Å². The van der Waals surface area contributed by atoms with Crippen molar-refractivity contribution in [1.29, 1.82) is 0 Å². The molecular formula is C24H29FN2O4S2. The second kappa shape index (κ2) is 9.66. The first-order chi connectivity index (χ1) is 15.7. The van der Waals surface area contributed by atoms with Crippen LogP contribution >= 0.6 is 0 Å². The quantitative estimate of drug-likeness (QED) is 0.604. The maximum atomic E-state index is 13.2. The first kappa shape index (κ1) is 24.1. The largest absolute Gasteiger partial charge is 0.243 e. The number of sulfonamides is 2. The molecule has 2 aliphatic rings. The topological polar surface area (TPSA) is 74.8 Å². The molecule has 6 nitrogen and oxygen atoms in total. The van der Waals surface area contributed by atoms with E-state index in [0.29, 0.717) is 19.5 Å². The van der Waals surface area contributed by atoms with E-state index in [-0.39, 0.29) is 28.2 Å². The average Bonchev–Trinajstić information content (AvgIpc) is 2.84. The van der Waals surface area contributed by atoms with Gasteiger partial charge in [0, 0.05) is 25.7 Å². The van der Waals surface area contributed by atoms with E-state index < -0.39 is 20.0 Å². The fourth-order valence-electron chi connectivity index (χ4n) is 4.56. The molecule has 0 N–H and O–H groups in total. The molecule has 0 aromatic heterocycles. The zero-order chi connectivity index (χ0) is 23.6. The Bertz CT molecular complexity index is 1220. The van der Waals surface area contributed by atoms with Crippen molar-refractivity contribution in [2.45, 2.75) is 54.9 Å². The standard InChI is InChI=1S/C24H29FN2O4S2/c1-2-22-5-3-4-16-27(22)33(30,31)24-12-10-23(11-13-24)32(28,29)26-17-14-20(15-18-26)19-6-8-21(25)9-7-19/h6-14,22H,2-5,15-18H2,1H3/t22-/m1/s1. The predicted molar refractivity (Wildman–Crippen MR) is 126 cm³/mol. The summed E-state index contributed by atoms with van der Waals surface area (Å²) in [4.78, 5) is 0.199. The van der Waals surface area contributed by atoms with Gasteiger partial charge in [-0.2, -0.15) is 8.61 Å². The Hall–Kier alpha value is -2.07. The summed E-state index contributed by atoms with van der Waals surface area (Å²) in [7, 11) is -7.42. The smallest absolute Gasteiger partial charge is 0.207 e. The molecule has 0 bridgehead atoms. The molecule has 9 heteroatoms. The van der Waals surface area contributed by atoms with Crippen LogP contribution in [-0.4, -0.2) is 51.1 Å². The summed E-state index contributed by atoms with van der Waals surface area (Å²) in [6.45, 7) is 3.00. The number of nitrogens with zero attached hydrogens (tertiary/aromatic N) is 2. The molecule has 2 aromatic rings. The lowest BCUT2D eigenvalue weighted by atomic mass is 10.0. The maximum absolute atomic E-state index is 13.2. The van der Waals surface area contributed by atoms with Crippen LogP contribution in [0.3, 0.4) is 0 Å². The molecule has 2 heterocycles. The predicted octanol–water partition coefficient (Wildman–Crippen LogP) is 4.26. The molecule has 0 radical (unpaired) electrons. The highest BCUT2D eigenvalue weighted by molar-refractivity contribution is 7.89. The molecule has 4 rings (SSSR count). The Morgan fingerprint density at radius 2 is 1.52 bits per heavy atom. The Kier molecular flexibility index (Phi) is 7.04. The molecule has 0 aliphatic carbocycles. The van der Waals surface area contributed by atoms with Crippen LogP contribution in [0.2, 0.25) is 0 Å². The molecule has 33 heavy (non-hydrogen) atoms. The maximum Gasteiger partial charge on any atom is 0.243 e. The lowest BCUT2D eigenvalue weighted by Gasteiger charge is -2.34. The SMILES string of the molecule is CC[C@@H]1CCCCN1S(=O)(=O)c1ccc(S(=O)(=O)N2CC=C(c3ccc(F)cc3)CC2)cc1. The van der Waals surface area contributed by atoms with Gasteiger partial charge in [0.05, 0.1) is 9.79 Å². The van der Waals surface area contributed by atoms with Crippen molar-refractivity contribution in [2.75, 3.05) is 19.6 Å². The number of hydrogen-bond donors (Lipinski definition) is 0. The van der Waals surface area contributed by atoms with E-state index >= 15 is 0 Å². The van der Waals surface area contributed by atoms with Crippen molar-refractivity contribution in [3.63, 3.8) is 0 Å². The van der Waals surface area contributed by atoms with E-state index in [2.05, 4.69) is 0 Å². The molecule has 2 aromatic carbocycles. The van der Waals surface area contributed by atoms with Crippen LogP contribution in [0.25, 0.3) is 5.57 Å². The summed E-state index contributed by atoms with van der Waals surface area (Å²) in [5.74, 6) is -0.310. The van der Waals surface area contributed by atoms with Crippen LogP contribution in [0.1, 0.15) is 44.6 Å². The van der Waals surface area contributed by atoms with Gasteiger partial charge in [-0.25, -0.2) is 21.2 Å². The molecule has 178 valence electrons. The zero-order valence-electron chi connectivity index (χ0n) is 18.7. The highest BCUT2D eigenvalue weighted by atomic mass is 32.2. The Balaban J connectivity index is 1.51. The van der Waals surface area contributed by atoms with Crippen LogP contribution in [0.4, 0.5) is 4.39 Å². The van der Waals surface area contributed by atoms with Crippen LogP contribution in [0, 0.1) is 5.82 Å². The van der Waals surface area contributed by atoms with Crippen molar-refractivity contribution in [3.8, 4) is 0 Å². The van der Waals surface area contributed by atoms with Gasteiger partial charge in [-0.15, -0.1) is 0 Å². The number of benzene rings is 2. The van der Waals surface area contributed by atoms with E-state index in [1.54, 1.807) is 16.4 Å². The van der Waals surface area contributed by atoms with Gasteiger partial charge in [0.15, 0.2) is 0 Å². The Morgan fingerprint density at radius 3 is 2.09 bits per heavy atom. The number of rotatable bonds is 6. The normalized spacial score (nSPS) is 21.0. The molecular weight excluding hydrogens is 463 g/mol. The third-order valence-electron chi connectivity index (χ3n) is 6.50. The van der Waals surface area contributed by atoms with Crippen molar-refractivity contribution < 1.29 is 21.2 Å². The fourth-order valence-corrected chi connectivity index (χ4v) is 7.71. The van der Waals surface area contributed by atoms with E-state index in [0.717, 1.165) is 36.8 Å². The minimum absolute atomic E-state index is 0.0115. The second-order valence-corrected chi connectivity index (χ2v) is 12.3. The summed E-state index contributed by atoms with van der Waals surface area (Å²) in [6, 6.07) is 11.7. The van der Waals surface area contributed by atoms with Gasteiger partial charge in [0.25, 0.3) is 0 Å². The van der Waals surface area contributed by atoms with Gasteiger partial charge >= 0.3 is 0 Å². The zero-order valence-corrected chi connectivity index (χ0v) is 20.3. The van der Waals surface area contributed by atoms with Crippen LogP contribution in [0.5, 0.6) is 0 Å². The number of halogens is 1. The molecule has 0 saturated carbocycles. The van der Waals surface area contributed by atoms with Crippen LogP contribution < -0.4 is 0 Å². The van der Waals surface area contributed by atoms with Gasteiger partial charge < -0.3 is 0 Å². The molecule has 0 amide bonds. The van der Waals surface area contributed by atoms with Gasteiger partial charge in [-0.3, -0.25) is 0 Å². The van der Waals surface area contributed by atoms with E-state index in [9.17, 15) is 21.2 Å². The molecule has 0 spiro atoms. The summed E-state index contributed by atoms with van der Waals surface area (Å²) in [5, 5.41) is 0. The summed E-state index contributed by atoms with van der Waals surface area (Å²) in [6.07, 6.45) is 5.83. The van der Waals surface area contributed by atoms with E-state index in [1.807, 2.05) is 13.0 Å². The number of piperidine rings is 1. The second-order valence-electron chi connectivity index (χ2n) is 8.49. The third kappa shape index (κ3) is 4.91. The van der Waals surface area contributed by atoms with Crippen molar-refractivity contribution in [1.82, 2.24) is 8.61 Å². The molecule has 1 saturated heterocycles. The minimum Gasteiger partial charge on any atom is -0.207 e. The minimum atomic E-state index is -3.76. The fraction of sp³-hybridized carbons (Fsp3) is 0.417. The summed E-state index contributed by atoms with van der Waals surface area (Å²) >= 11 is 0. The van der Waals surface area contributed by atoms with Crippen LogP contribution in [-0.2, 0) is 20.0 Å². The van der Waals surface area contributed by atoms with Gasteiger partial charge in [0.1, 0.15) is 5.82 Å². The lowest BCUT2D eigenvalue weighted by molar-refractivity contribution is 0.246. The molecule has 1 fully saturated rings. The van der Waals surface area contributed by atoms with Crippen molar-refractivity contribution in [3.05, 3.63) is 66.0 Å². The highest BCUT2D eigenvalue weighted by Gasteiger charge is 2.33. The van der Waals surface area contributed by atoms with Crippen molar-refractivity contribution >= 4 is 25.6 Å². The van der Waals surface area contributed by atoms with Gasteiger partial charge in [-0.05, 0) is 73.2 Å². The average molecular weight is 493 g/mol. The van der Waals surface area contributed by atoms with E-state index in [4.69, 9.17) is 0 Å². The summed E-state index contributed by atoms with van der Waals surface area (Å²) < 4.78 is 68.6. The number of hydrogen-bond acceptors (Lipinski definition) is 4. The van der Waals surface area contributed by atoms with Crippen molar-refractivity contribution in [2.24, 2.45) is 0 Å².